The third kappa shape index (κ3) is 2.47. The lowest BCUT2D eigenvalue weighted by Gasteiger charge is -2.05. The van der Waals surface area contributed by atoms with Gasteiger partial charge in [-0.15, -0.1) is 11.3 Å². The van der Waals surface area contributed by atoms with Crippen molar-refractivity contribution in [1.82, 2.24) is 9.97 Å². The molecule has 1 amide bonds. The van der Waals surface area contributed by atoms with Gasteiger partial charge in [-0.25, -0.2) is 9.97 Å². The van der Waals surface area contributed by atoms with Crippen molar-refractivity contribution in [1.29, 1.82) is 0 Å². The summed E-state index contributed by atoms with van der Waals surface area (Å²) < 4.78 is 2.05. The van der Waals surface area contributed by atoms with Gasteiger partial charge in [-0.1, -0.05) is 24.3 Å². The number of thiophene rings is 1. The van der Waals surface area contributed by atoms with E-state index in [1.807, 2.05) is 24.3 Å². The fraction of sp³-hybridized carbons (Fsp3) is 0.0556. The Morgan fingerprint density at radius 1 is 1.08 bits per heavy atom. The number of nitrogens with zero attached hydrogens (tertiary/aromatic N) is 2. The fourth-order valence-electron chi connectivity index (χ4n) is 2.72. The minimum absolute atomic E-state index is 0.0758. The highest BCUT2D eigenvalue weighted by Gasteiger charge is 2.10. The number of carbonyl (C=O) groups is 1. The van der Waals surface area contributed by atoms with Crippen LogP contribution in [0.1, 0.15) is 6.92 Å². The van der Waals surface area contributed by atoms with Crippen LogP contribution in [0.3, 0.4) is 0 Å². The Kier molecular flexibility index (Phi) is 3.39. The molecule has 0 aliphatic heterocycles. The third-order valence-electron chi connectivity index (χ3n) is 3.82. The predicted octanol–water partition coefficient (Wildman–Crippen LogP) is 4.05. The number of aromatic nitrogens is 2. The number of hydrogen-bond acceptors (Lipinski definition) is 5. The topological polar surface area (TPSA) is 80.9 Å². The van der Waals surface area contributed by atoms with E-state index >= 15 is 0 Å². The lowest BCUT2D eigenvalue weighted by atomic mass is 10.0. The smallest absolute Gasteiger partial charge is 0.221 e. The van der Waals surface area contributed by atoms with Crippen molar-refractivity contribution in [3.63, 3.8) is 0 Å². The first-order chi connectivity index (χ1) is 11.6. The van der Waals surface area contributed by atoms with Crippen molar-refractivity contribution >= 4 is 49.1 Å². The molecule has 4 rings (SSSR count). The molecule has 0 aliphatic rings. The molecular weight excluding hydrogens is 320 g/mol. The number of nitrogens with one attached hydrogen (secondary N) is 1. The molecule has 3 N–H and O–H groups in total. The zero-order valence-electron chi connectivity index (χ0n) is 12.9. The van der Waals surface area contributed by atoms with E-state index in [-0.39, 0.29) is 5.91 Å². The van der Waals surface area contributed by atoms with Gasteiger partial charge in [0, 0.05) is 22.7 Å². The molecule has 0 fully saturated rings. The summed E-state index contributed by atoms with van der Waals surface area (Å²) in [5.74, 6) is 0.440. The van der Waals surface area contributed by atoms with E-state index in [9.17, 15) is 4.79 Å². The highest BCUT2D eigenvalue weighted by Crippen LogP contribution is 2.37. The summed E-state index contributed by atoms with van der Waals surface area (Å²) in [6.07, 6.45) is 1.50. The van der Waals surface area contributed by atoms with Gasteiger partial charge in [-0.05, 0) is 29.3 Å². The number of amides is 1. The molecule has 5 nitrogen and oxygen atoms in total. The van der Waals surface area contributed by atoms with Crippen LogP contribution in [0.25, 0.3) is 31.4 Å². The molecule has 0 saturated heterocycles. The van der Waals surface area contributed by atoms with Crippen LogP contribution < -0.4 is 11.1 Å². The van der Waals surface area contributed by atoms with Crippen molar-refractivity contribution in [3.8, 4) is 11.1 Å². The van der Waals surface area contributed by atoms with Gasteiger partial charge in [-0.2, -0.15) is 0 Å². The standard InChI is InChI=1S/C18H14N4OS/c1-10(23)22-13-5-2-11(3-6-13)12-4-7-14-15(8-12)24-17-16(14)20-9-21-18(17)19/h2-9H,1H3,(H,22,23)(H2,19,20,21). The van der Waals surface area contributed by atoms with E-state index < -0.39 is 0 Å². The largest absolute Gasteiger partial charge is 0.382 e. The maximum absolute atomic E-state index is 11.1. The predicted molar refractivity (Wildman–Crippen MR) is 99.1 cm³/mol. The van der Waals surface area contributed by atoms with Crippen LogP contribution >= 0.6 is 11.3 Å². The number of anilines is 2. The van der Waals surface area contributed by atoms with Crippen molar-refractivity contribution in [2.24, 2.45) is 0 Å². The molecule has 2 aromatic carbocycles. The first-order valence-electron chi connectivity index (χ1n) is 7.42. The average Bonchev–Trinajstić information content (AvgIpc) is 2.94. The highest BCUT2D eigenvalue weighted by molar-refractivity contribution is 7.26. The van der Waals surface area contributed by atoms with E-state index in [1.54, 1.807) is 11.3 Å². The second-order valence-electron chi connectivity index (χ2n) is 5.51. The fourth-order valence-corrected chi connectivity index (χ4v) is 3.82. The molecule has 118 valence electrons. The average molecular weight is 334 g/mol. The van der Waals surface area contributed by atoms with Crippen LogP contribution in [0.4, 0.5) is 11.5 Å². The second-order valence-corrected chi connectivity index (χ2v) is 6.56. The second kappa shape index (κ2) is 5.58. The van der Waals surface area contributed by atoms with Gasteiger partial charge in [0.15, 0.2) is 0 Å². The maximum atomic E-state index is 11.1. The highest BCUT2D eigenvalue weighted by atomic mass is 32.1. The maximum Gasteiger partial charge on any atom is 0.221 e. The molecule has 2 aromatic heterocycles. The Labute approximate surface area is 142 Å². The van der Waals surface area contributed by atoms with Gasteiger partial charge in [0.05, 0.1) is 10.2 Å². The van der Waals surface area contributed by atoms with E-state index in [0.717, 1.165) is 37.1 Å². The Morgan fingerprint density at radius 2 is 1.83 bits per heavy atom. The number of benzene rings is 2. The van der Waals surface area contributed by atoms with Crippen LogP contribution in [0.5, 0.6) is 0 Å². The van der Waals surface area contributed by atoms with Crippen molar-refractivity contribution in [3.05, 3.63) is 48.8 Å². The number of carbonyl (C=O) groups excluding carboxylic acids is 1. The molecule has 0 bridgehead atoms. The summed E-state index contributed by atoms with van der Waals surface area (Å²) >= 11 is 1.60. The van der Waals surface area contributed by atoms with E-state index in [0.29, 0.717) is 5.82 Å². The normalized spacial score (nSPS) is 11.0. The first kappa shape index (κ1) is 14.6. The minimum Gasteiger partial charge on any atom is -0.382 e. The number of nitrogen functional groups attached to an aromatic ring is 1. The van der Waals surface area contributed by atoms with Crippen molar-refractivity contribution in [2.45, 2.75) is 6.92 Å². The van der Waals surface area contributed by atoms with Crippen LogP contribution in [0, 0.1) is 0 Å². The zero-order chi connectivity index (χ0) is 16.7. The van der Waals surface area contributed by atoms with Crippen LogP contribution in [-0.2, 0) is 4.79 Å². The van der Waals surface area contributed by atoms with Crippen LogP contribution in [0.2, 0.25) is 0 Å². The molecule has 2 heterocycles. The molecule has 6 heteroatoms. The quantitative estimate of drug-likeness (QED) is 0.579. The number of hydrogen-bond donors (Lipinski definition) is 2. The molecule has 0 spiro atoms. The third-order valence-corrected chi connectivity index (χ3v) is 4.98. The van der Waals surface area contributed by atoms with Gasteiger partial charge in [0.1, 0.15) is 12.1 Å². The summed E-state index contributed by atoms with van der Waals surface area (Å²) in [6.45, 7) is 1.50. The Balaban J connectivity index is 1.78. The molecule has 0 atom stereocenters. The lowest BCUT2D eigenvalue weighted by molar-refractivity contribution is -0.114. The van der Waals surface area contributed by atoms with Crippen LogP contribution in [-0.4, -0.2) is 15.9 Å². The van der Waals surface area contributed by atoms with E-state index in [4.69, 9.17) is 5.73 Å². The van der Waals surface area contributed by atoms with Gasteiger partial charge >= 0.3 is 0 Å². The first-order valence-corrected chi connectivity index (χ1v) is 8.24. The summed E-state index contributed by atoms with van der Waals surface area (Å²) in [5, 5.41) is 3.86. The minimum atomic E-state index is -0.0758. The van der Waals surface area contributed by atoms with Gasteiger partial charge < -0.3 is 11.1 Å². The van der Waals surface area contributed by atoms with Crippen molar-refractivity contribution in [2.75, 3.05) is 11.1 Å². The van der Waals surface area contributed by atoms with E-state index in [1.165, 1.54) is 13.3 Å². The Morgan fingerprint density at radius 3 is 2.58 bits per heavy atom. The van der Waals surface area contributed by atoms with E-state index in [2.05, 4.69) is 33.5 Å². The lowest BCUT2D eigenvalue weighted by Crippen LogP contribution is -2.05. The van der Waals surface area contributed by atoms with Gasteiger partial charge in [0.2, 0.25) is 5.91 Å². The monoisotopic (exact) mass is 334 g/mol. The van der Waals surface area contributed by atoms with Crippen LogP contribution in [0.15, 0.2) is 48.8 Å². The summed E-state index contributed by atoms with van der Waals surface area (Å²) in [7, 11) is 0. The number of fused-ring (bicyclic) bond motifs is 3. The number of nitrogens with two attached hydrogens (primary N) is 1. The molecule has 24 heavy (non-hydrogen) atoms. The molecule has 4 aromatic rings. The Bertz CT molecular complexity index is 1070. The summed E-state index contributed by atoms with van der Waals surface area (Å²) in [5.41, 5.74) is 9.83. The summed E-state index contributed by atoms with van der Waals surface area (Å²) in [6, 6.07) is 14.1. The number of rotatable bonds is 2. The summed E-state index contributed by atoms with van der Waals surface area (Å²) in [4.78, 5) is 19.5. The Hall–Kier alpha value is -2.99. The SMILES string of the molecule is CC(=O)Nc1ccc(-c2ccc3c(c2)sc2c(N)ncnc23)cc1. The molecular formula is C18H14N4OS. The molecule has 0 saturated carbocycles. The zero-order valence-corrected chi connectivity index (χ0v) is 13.7. The van der Waals surface area contributed by atoms with Gasteiger partial charge in [-0.3, -0.25) is 4.79 Å². The molecule has 0 radical (unpaired) electrons. The van der Waals surface area contributed by atoms with Gasteiger partial charge in [0.25, 0.3) is 0 Å². The molecule has 0 aliphatic carbocycles. The molecule has 0 unspecified atom stereocenters. The van der Waals surface area contributed by atoms with Crippen molar-refractivity contribution < 1.29 is 4.79 Å².